The molecule has 0 aromatic carbocycles. The molecule has 0 aromatic rings. The van der Waals surface area contributed by atoms with E-state index in [4.69, 9.17) is 14.2 Å². The third-order valence-electron chi connectivity index (χ3n) is 2.90. The van der Waals surface area contributed by atoms with Crippen molar-refractivity contribution in [3.63, 3.8) is 0 Å². The summed E-state index contributed by atoms with van der Waals surface area (Å²) in [6.45, 7) is 14.7. The first-order valence-electron chi connectivity index (χ1n) is 7.92. The van der Waals surface area contributed by atoms with Crippen LogP contribution in [0, 0.1) is 5.92 Å². The van der Waals surface area contributed by atoms with E-state index >= 15 is 0 Å². The van der Waals surface area contributed by atoms with Gasteiger partial charge >= 0.3 is 5.97 Å². The quantitative estimate of drug-likeness (QED) is 0.443. The molecule has 0 aromatic heterocycles. The van der Waals surface area contributed by atoms with Crippen LogP contribution in [-0.2, 0) is 19.0 Å². The minimum Gasteiger partial charge on any atom is -0.465 e. The standard InChI is InChI=1S/C16H33NO4/c1-7-21-15(18)16(6,17-14(4)5)8-9-19-10-11-20-12-13(2)3/h13-14,17H,7-12H2,1-6H3. The molecule has 1 N–H and O–H groups in total. The maximum absolute atomic E-state index is 12.1. The highest BCUT2D eigenvalue weighted by Crippen LogP contribution is 2.14. The van der Waals surface area contributed by atoms with Gasteiger partial charge in [0.25, 0.3) is 0 Å². The SMILES string of the molecule is CCOC(=O)C(C)(CCOCCOCC(C)C)NC(C)C. The summed E-state index contributed by atoms with van der Waals surface area (Å²) in [5.74, 6) is 0.311. The summed E-state index contributed by atoms with van der Waals surface area (Å²) in [4.78, 5) is 12.1. The van der Waals surface area contributed by atoms with Gasteiger partial charge in [-0.25, -0.2) is 0 Å². The Labute approximate surface area is 129 Å². The molecule has 0 aliphatic rings. The first-order valence-corrected chi connectivity index (χ1v) is 7.92. The molecule has 1 unspecified atom stereocenters. The third-order valence-corrected chi connectivity index (χ3v) is 2.90. The van der Waals surface area contributed by atoms with Gasteiger partial charge in [-0.3, -0.25) is 10.1 Å². The van der Waals surface area contributed by atoms with E-state index in [9.17, 15) is 4.79 Å². The molecule has 0 heterocycles. The van der Waals surface area contributed by atoms with Crippen LogP contribution in [0.3, 0.4) is 0 Å². The average Bonchev–Trinajstić information content (AvgIpc) is 2.36. The van der Waals surface area contributed by atoms with Crippen LogP contribution in [0.15, 0.2) is 0 Å². The summed E-state index contributed by atoms with van der Waals surface area (Å²) in [7, 11) is 0. The fraction of sp³-hybridized carbons (Fsp3) is 0.938. The fourth-order valence-corrected chi connectivity index (χ4v) is 1.98. The molecule has 5 heteroatoms. The number of hydrogen-bond acceptors (Lipinski definition) is 5. The van der Waals surface area contributed by atoms with Gasteiger partial charge in [0.15, 0.2) is 0 Å². The van der Waals surface area contributed by atoms with Gasteiger partial charge in [-0.1, -0.05) is 13.8 Å². The predicted octanol–water partition coefficient (Wildman–Crippen LogP) is 2.39. The second-order valence-corrected chi connectivity index (χ2v) is 6.18. The summed E-state index contributed by atoms with van der Waals surface area (Å²) >= 11 is 0. The average molecular weight is 303 g/mol. The Morgan fingerprint density at radius 2 is 1.71 bits per heavy atom. The Kier molecular flexibility index (Phi) is 10.6. The van der Waals surface area contributed by atoms with Crippen molar-refractivity contribution in [2.45, 2.75) is 59.5 Å². The van der Waals surface area contributed by atoms with E-state index in [-0.39, 0.29) is 12.0 Å². The molecule has 0 saturated heterocycles. The maximum atomic E-state index is 12.1. The number of esters is 1. The van der Waals surface area contributed by atoms with E-state index in [1.165, 1.54) is 0 Å². The van der Waals surface area contributed by atoms with Gasteiger partial charge in [0.2, 0.25) is 0 Å². The Morgan fingerprint density at radius 3 is 2.24 bits per heavy atom. The lowest BCUT2D eigenvalue weighted by atomic mass is 9.97. The Bertz CT molecular complexity index is 281. The number of rotatable bonds is 12. The van der Waals surface area contributed by atoms with Crippen molar-refractivity contribution in [3.8, 4) is 0 Å². The normalized spacial score (nSPS) is 14.5. The number of carbonyl (C=O) groups is 1. The van der Waals surface area contributed by atoms with E-state index in [2.05, 4.69) is 19.2 Å². The summed E-state index contributed by atoms with van der Waals surface area (Å²) in [5, 5.41) is 3.27. The number of nitrogens with one attached hydrogen (secondary N) is 1. The molecule has 21 heavy (non-hydrogen) atoms. The van der Waals surface area contributed by atoms with Crippen molar-refractivity contribution in [2.24, 2.45) is 5.92 Å². The van der Waals surface area contributed by atoms with Gasteiger partial charge in [0, 0.05) is 19.3 Å². The zero-order chi connectivity index (χ0) is 16.3. The zero-order valence-corrected chi connectivity index (χ0v) is 14.5. The monoisotopic (exact) mass is 303 g/mol. The van der Waals surface area contributed by atoms with Crippen LogP contribution in [0.1, 0.15) is 48.0 Å². The third kappa shape index (κ3) is 9.82. The molecule has 126 valence electrons. The maximum Gasteiger partial charge on any atom is 0.326 e. The van der Waals surface area contributed by atoms with Crippen molar-refractivity contribution in [1.29, 1.82) is 0 Å². The number of carbonyl (C=O) groups excluding carboxylic acids is 1. The summed E-state index contributed by atoms with van der Waals surface area (Å²) in [6, 6.07) is 0.203. The molecule has 0 bridgehead atoms. The molecule has 0 amide bonds. The molecular formula is C16H33NO4. The Hall–Kier alpha value is -0.650. The van der Waals surface area contributed by atoms with Crippen molar-refractivity contribution in [1.82, 2.24) is 5.32 Å². The molecule has 0 fully saturated rings. The largest absolute Gasteiger partial charge is 0.465 e. The first kappa shape index (κ1) is 20.3. The minimum absolute atomic E-state index is 0.203. The van der Waals surface area contributed by atoms with Crippen molar-refractivity contribution in [3.05, 3.63) is 0 Å². The number of ether oxygens (including phenoxy) is 3. The van der Waals surface area contributed by atoms with E-state index in [1.807, 2.05) is 27.7 Å². The van der Waals surface area contributed by atoms with Crippen molar-refractivity contribution >= 4 is 5.97 Å². The first-order chi connectivity index (χ1) is 9.81. The minimum atomic E-state index is -0.705. The Morgan fingerprint density at radius 1 is 1.10 bits per heavy atom. The highest BCUT2D eigenvalue weighted by atomic mass is 16.5. The van der Waals surface area contributed by atoms with Crippen LogP contribution in [0.4, 0.5) is 0 Å². The molecule has 1 atom stereocenters. The van der Waals surface area contributed by atoms with E-state index in [0.717, 1.165) is 6.61 Å². The molecule has 0 aliphatic carbocycles. The molecule has 0 aliphatic heterocycles. The van der Waals surface area contributed by atoms with Crippen molar-refractivity contribution < 1.29 is 19.0 Å². The van der Waals surface area contributed by atoms with Gasteiger partial charge < -0.3 is 14.2 Å². The summed E-state index contributed by atoms with van der Waals surface area (Å²) < 4.78 is 16.1. The van der Waals surface area contributed by atoms with Gasteiger partial charge in [-0.2, -0.15) is 0 Å². The zero-order valence-electron chi connectivity index (χ0n) is 14.5. The lowest BCUT2D eigenvalue weighted by molar-refractivity contribution is -0.151. The molecule has 0 radical (unpaired) electrons. The molecule has 0 saturated carbocycles. The predicted molar refractivity (Wildman–Crippen MR) is 84.4 cm³/mol. The lowest BCUT2D eigenvalue weighted by Crippen LogP contribution is -2.53. The van der Waals surface area contributed by atoms with Gasteiger partial charge in [-0.05, 0) is 40.0 Å². The second kappa shape index (κ2) is 11.0. The number of hydrogen-bond donors (Lipinski definition) is 1. The van der Waals surface area contributed by atoms with Crippen LogP contribution in [0.2, 0.25) is 0 Å². The fourth-order valence-electron chi connectivity index (χ4n) is 1.98. The van der Waals surface area contributed by atoms with Gasteiger partial charge in [0.05, 0.1) is 19.8 Å². The lowest BCUT2D eigenvalue weighted by Gasteiger charge is -2.30. The van der Waals surface area contributed by atoms with E-state index in [0.29, 0.717) is 38.8 Å². The Balaban J connectivity index is 4.04. The van der Waals surface area contributed by atoms with Crippen LogP contribution >= 0.6 is 0 Å². The van der Waals surface area contributed by atoms with Crippen LogP contribution in [0.25, 0.3) is 0 Å². The van der Waals surface area contributed by atoms with E-state index in [1.54, 1.807) is 0 Å². The highest BCUT2D eigenvalue weighted by Gasteiger charge is 2.34. The molecule has 0 rings (SSSR count). The van der Waals surface area contributed by atoms with Crippen molar-refractivity contribution in [2.75, 3.05) is 33.0 Å². The highest BCUT2D eigenvalue weighted by molar-refractivity contribution is 5.80. The van der Waals surface area contributed by atoms with Crippen LogP contribution in [0.5, 0.6) is 0 Å². The second-order valence-electron chi connectivity index (χ2n) is 6.18. The van der Waals surface area contributed by atoms with Gasteiger partial charge in [-0.15, -0.1) is 0 Å². The molecule has 0 spiro atoms. The van der Waals surface area contributed by atoms with E-state index < -0.39 is 5.54 Å². The van der Waals surface area contributed by atoms with Crippen LogP contribution in [-0.4, -0.2) is 50.6 Å². The van der Waals surface area contributed by atoms with Gasteiger partial charge in [0.1, 0.15) is 5.54 Å². The summed E-state index contributed by atoms with van der Waals surface area (Å²) in [6.07, 6.45) is 0.578. The summed E-state index contributed by atoms with van der Waals surface area (Å²) in [5.41, 5.74) is -0.705. The molecular weight excluding hydrogens is 270 g/mol. The smallest absolute Gasteiger partial charge is 0.326 e. The molecule has 5 nitrogen and oxygen atoms in total. The van der Waals surface area contributed by atoms with Crippen LogP contribution < -0.4 is 5.32 Å². The topological polar surface area (TPSA) is 56.8 Å².